The molecule has 1 aromatic carbocycles. The molecule has 0 spiro atoms. The van der Waals surface area contributed by atoms with Crippen LogP contribution in [0.3, 0.4) is 0 Å². The highest BCUT2D eigenvalue weighted by molar-refractivity contribution is 5.45. The Morgan fingerprint density at radius 2 is 1.86 bits per heavy atom. The molecule has 0 aliphatic heterocycles. The summed E-state index contributed by atoms with van der Waals surface area (Å²) in [6.45, 7) is 3.97. The Balaban J connectivity index is 0.000000791. The van der Waals surface area contributed by atoms with Crippen molar-refractivity contribution in [2.45, 2.75) is 19.8 Å². The molecule has 0 aliphatic carbocycles. The lowest BCUT2D eigenvalue weighted by molar-refractivity contribution is 0.399. The lowest BCUT2D eigenvalue weighted by Crippen LogP contribution is -1.95. The first-order valence-corrected chi connectivity index (χ1v) is 4.57. The van der Waals surface area contributed by atoms with Crippen molar-refractivity contribution in [3.63, 3.8) is 0 Å². The molecule has 0 unspecified atom stereocenters. The van der Waals surface area contributed by atoms with Crippen molar-refractivity contribution < 1.29 is 9.50 Å². The summed E-state index contributed by atoms with van der Waals surface area (Å²) in [6, 6.07) is 5.24. The van der Waals surface area contributed by atoms with Gasteiger partial charge in [0.15, 0.2) is 0 Å². The largest absolute Gasteiger partial charge is 0.400 e. The second kappa shape index (κ2) is 6.38. The Bertz CT molecular complexity index is 274. The summed E-state index contributed by atoms with van der Waals surface area (Å²) >= 11 is 0. The maximum absolute atomic E-state index is 13.2. The second-order valence-corrected chi connectivity index (χ2v) is 3.14. The maximum atomic E-state index is 13.2. The number of hydrogen-bond acceptors (Lipinski definition) is 2. The van der Waals surface area contributed by atoms with E-state index in [-0.39, 0.29) is 11.7 Å². The fourth-order valence-electron chi connectivity index (χ4n) is 1.15. The van der Waals surface area contributed by atoms with E-state index in [1.807, 2.05) is 26.0 Å². The minimum Gasteiger partial charge on any atom is -0.400 e. The summed E-state index contributed by atoms with van der Waals surface area (Å²) in [5, 5.41) is 9.89. The number of hydrogen-bond donors (Lipinski definition) is 2. The van der Waals surface area contributed by atoms with Gasteiger partial charge in [-0.15, -0.1) is 0 Å². The Morgan fingerprint density at radius 3 is 2.21 bits per heavy atom. The highest BCUT2D eigenvalue weighted by Crippen LogP contribution is 2.20. The smallest absolute Gasteiger partial charge is 0.128 e. The van der Waals surface area contributed by atoms with E-state index in [4.69, 9.17) is 5.11 Å². The molecule has 0 aliphatic rings. The predicted octanol–water partition coefficient (Wildman–Crippen LogP) is 2.60. The first-order chi connectivity index (χ1) is 6.65. The van der Waals surface area contributed by atoms with Crippen LogP contribution in [0, 0.1) is 5.82 Å². The number of rotatable bonds is 2. The van der Waals surface area contributed by atoms with Gasteiger partial charge in [-0.05, 0) is 23.6 Å². The van der Waals surface area contributed by atoms with E-state index in [1.54, 1.807) is 7.05 Å². The van der Waals surface area contributed by atoms with Gasteiger partial charge in [-0.3, -0.25) is 0 Å². The summed E-state index contributed by atoms with van der Waals surface area (Å²) in [5.41, 5.74) is 1.59. The molecule has 0 amide bonds. The summed E-state index contributed by atoms with van der Waals surface area (Å²) in [7, 11) is 2.78. The molecule has 1 rings (SSSR count). The van der Waals surface area contributed by atoms with Crippen LogP contribution < -0.4 is 5.32 Å². The molecule has 14 heavy (non-hydrogen) atoms. The van der Waals surface area contributed by atoms with Gasteiger partial charge in [-0.25, -0.2) is 4.39 Å². The first-order valence-electron chi connectivity index (χ1n) is 4.57. The van der Waals surface area contributed by atoms with Crippen molar-refractivity contribution in [2.24, 2.45) is 0 Å². The SMILES string of the molecule is CNc1ccc(C(C)C)c(F)c1.CO. The molecule has 2 nitrogen and oxygen atoms in total. The summed E-state index contributed by atoms with van der Waals surface area (Å²) in [4.78, 5) is 0. The molecule has 0 saturated carbocycles. The van der Waals surface area contributed by atoms with E-state index >= 15 is 0 Å². The van der Waals surface area contributed by atoms with E-state index < -0.39 is 0 Å². The van der Waals surface area contributed by atoms with Crippen LogP contribution in [-0.4, -0.2) is 19.3 Å². The summed E-state index contributed by atoms with van der Waals surface area (Å²) in [5.74, 6) is 0.118. The monoisotopic (exact) mass is 199 g/mol. The zero-order valence-corrected chi connectivity index (χ0v) is 9.13. The number of halogens is 1. The van der Waals surface area contributed by atoms with Crippen LogP contribution in [0.1, 0.15) is 25.3 Å². The lowest BCUT2D eigenvalue weighted by Gasteiger charge is -2.08. The van der Waals surface area contributed by atoms with Crippen molar-refractivity contribution in [2.75, 3.05) is 19.5 Å². The van der Waals surface area contributed by atoms with Crippen molar-refractivity contribution in [3.05, 3.63) is 29.6 Å². The molecule has 0 aromatic heterocycles. The number of aliphatic hydroxyl groups is 1. The van der Waals surface area contributed by atoms with Crippen LogP contribution in [-0.2, 0) is 0 Å². The lowest BCUT2D eigenvalue weighted by atomic mass is 10.0. The molecule has 0 saturated heterocycles. The van der Waals surface area contributed by atoms with Gasteiger partial charge in [0.1, 0.15) is 5.82 Å². The first kappa shape index (κ1) is 12.9. The van der Waals surface area contributed by atoms with Gasteiger partial charge in [0, 0.05) is 19.8 Å². The molecule has 0 atom stereocenters. The number of benzene rings is 1. The van der Waals surface area contributed by atoms with Gasteiger partial charge in [0.05, 0.1) is 0 Å². The van der Waals surface area contributed by atoms with Gasteiger partial charge >= 0.3 is 0 Å². The van der Waals surface area contributed by atoms with E-state index in [0.717, 1.165) is 18.4 Å². The highest BCUT2D eigenvalue weighted by Gasteiger charge is 2.05. The van der Waals surface area contributed by atoms with Crippen LogP contribution in [0.4, 0.5) is 10.1 Å². The van der Waals surface area contributed by atoms with Crippen molar-refractivity contribution >= 4 is 5.69 Å². The molecule has 2 N–H and O–H groups in total. The van der Waals surface area contributed by atoms with Crippen molar-refractivity contribution in [1.82, 2.24) is 0 Å². The van der Waals surface area contributed by atoms with E-state index in [0.29, 0.717) is 0 Å². The molecule has 0 fully saturated rings. The number of anilines is 1. The zero-order chi connectivity index (χ0) is 11.1. The second-order valence-electron chi connectivity index (χ2n) is 3.14. The molecule has 1 aromatic rings. The Morgan fingerprint density at radius 1 is 1.29 bits per heavy atom. The van der Waals surface area contributed by atoms with Crippen molar-refractivity contribution in [3.8, 4) is 0 Å². The minimum absolute atomic E-state index is 0.128. The molecule has 3 heteroatoms. The zero-order valence-electron chi connectivity index (χ0n) is 9.13. The summed E-state index contributed by atoms with van der Waals surface area (Å²) < 4.78 is 13.2. The van der Waals surface area contributed by atoms with Gasteiger partial charge < -0.3 is 10.4 Å². The third-order valence-corrected chi connectivity index (χ3v) is 1.91. The standard InChI is InChI=1S/C10H14FN.CH4O/c1-7(2)9-5-4-8(12-3)6-10(9)11;1-2/h4-7,12H,1-3H3;2H,1H3. The van der Waals surface area contributed by atoms with Gasteiger partial charge in [-0.2, -0.15) is 0 Å². The van der Waals surface area contributed by atoms with E-state index in [9.17, 15) is 4.39 Å². The Labute approximate surface area is 84.8 Å². The number of nitrogens with one attached hydrogen (secondary N) is 1. The number of aliphatic hydroxyl groups excluding tert-OH is 1. The fraction of sp³-hybridized carbons (Fsp3) is 0.455. The van der Waals surface area contributed by atoms with Crippen LogP contribution in [0.15, 0.2) is 18.2 Å². The molecule has 80 valence electrons. The quantitative estimate of drug-likeness (QED) is 0.767. The van der Waals surface area contributed by atoms with E-state index in [2.05, 4.69) is 5.32 Å². The van der Waals surface area contributed by atoms with Crippen LogP contribution in [0.25, 0.3) is 0 Å². The molecular formula is C11H18FNO. The Hall–Kier alpha value is -1.09. The van der Waals surface area contributed by atoms with Gasteiger partial charge in [0.2, 0.25) is 0 Å². The van der Waals surface area contributed by atoms with Crippen molar-refractivity contribution in [1.29, 1.82) is 0 Å². The summed E-state index contributed by atoms with van der Waals surface area (Å²) in [6.07, 6.45) is 0. The molecule has 0 radical (unpaired) electrons. The van der Waals surface area contributed by atoms with Crippen LogP contribution >= 0.6 is 0 Å². The van der Waals surface area contributed by atoms with Gasteiger partial charge in [-0.1, -0.05) is 19.9 Å². The normalized spacial score (nSPS) is 9.36. The highest BCUT2D eigenvalue weighted by atomic mass is 19.1. The van der Waals surface area contributed by atoms with E-state index in [1.165, 1.54) is 6.07 Å². The maximum Gasteiger partial charge on any atom is 0.128 e. The fourth-order valence-corrected chi connectivity index (χ4v) is 1.15. The third-order valence-electron chi connectivity index (χ3n) is 1.91. The third kappa shape index (κ3) is 3.34. The molecular weight excluding hydrogens is 181 g/mol. The molecule has 0 heterocycles. The average Bonchev–Trinajstić information content (AvgIpc) is 2.20. The Kier molecular flexibility index (Phi) is 5.88. The molecule has 0 bridgehead atoms. The predicted molar refractivity (Wildman–Crippen MR) is 58.2 cm³/mol. The van der Waals surface area contributed by atoms with Crippen LogP contribution in [0.5, 0.6) is 0 Å². The van der Waals surface area contributed by atoms with Gasteiger partial charge in [0.25, 0.3) is 0 Å². The van der Waals surface area contributed by atoms with Crippen LogP contribution in [0.2, 0.25) is 0 Å². The minimum atomic E-state index is -0.128. The topological polar surface area (TPSA) is 32.3 Å². The average molecular weight is 199 g/mol.